The lowest BCUT2D eigenvalue weighted by Gasteiger charge is -2.14. The van der Waals surface area contributed by atoms with Crippen molar-refractivity contribution in [2.75, 3.05) is 0 Å². The highest BCUT2D eigenvalue weighted by Crippen LogP contribution is 2.22. The van der Waals surface area contributed by atoms with Gasteiger partial charge in [-0.2, -0.15) is 8.78 Å². The third-order valence-electron chi connectivity index (χ3n) is 2.66. The van der Waals surface area contributed by atoms with E-state index in [1.165, 1.54) is 18.2 Å². The zero-order chi connectivity index (χ0) is 14.6. The van der Waals surface area contributed by atoms with E-state index in [0.29, 0.717) is 6.42 Å². The molecule has 1 aromatic rings. The van der Waals surface area contributed by atoms with Crippen molar-refractivity contribution in [2.45, 2.75) is 37.0 Å². The average Bonchev–Trinajstić information content (AvgIpc) is 2.38. The molecule has 0 saturated carbocycles. The molecule has 4 nitrogen and oxygen atoms in total. The number of hydrogen-bond acceptors (Lipinski definition) is 3. The molecule has 0 bridgehead atoms. The zero-order valence-corrected chi connectivity index (χ0v) is 11.4. The minimum absolute atomic E-state index is 0.171. The first kappa shape index (κ1) is 15.6. The molecule has 0 aromatic heterocycles. The van der Waals surface area contributed by atoms with Crippen molar-refractivity contribution in [1.29, 1.82) is 0 Å². The van der Waals surface area contributed by atoms with E-state index in [1.807, 2.05) is 6.92 Å². The van der Waals surface area contributed by atoms with Gasteiger partial charge in [-0.1, -0.05) is 19.1 Å². The summed E-state index contributed by atoms with van der Waals surface area (Å²) in [5.74, 6) is -4.22. The van der Waals surface area contributed by atoms with Gasteiger partial charge in [0.1, 0.15) is 0 Å². The predicted molar refractivity (Wildman–Crippen MR) is 66.9 cm³/mol. The maximum absolute atomic E-state index is 12.6. The molecule has 1 N–H and O–H groups in total. The van der Waals surface area contributed by atoms with Crippen LogP contribution < -0.4 is 5.32 Å². The van der Waals surface area contributed by atoms with Crippen molar-refractivity contribution in [3.8, 4) is 0 Å². The molecule has 106 valence electrons. The Balaban J connectivity index is 3.21. The summed E-state index contributed by atoms with van der Waals surface area (Å²) in [5, 5.41) is 2.55. The van der Waals surface area contributed by atoms with E-state index in [4.69, 9.17) is 0 Å². The molecule has 0 radical (unpaired) electrons. The Hall–Kier alpha value is -1.50. The lowest BCUT2D eigenvalue weighted by atomic mass is 10.2. The summed E-state index contributed by atoms with van der Waals surface area (Å²) in [7, 11) is -4.79. The summed E-state index contributed by atoms with van der Waals surface area (Å²) in [4.78, 5) is 11.2. The molecular weight excluding hydrogens is 276 g/mol. The minimum Gasteiger partial charge on any atom is -0.350 e. The van der Waals surface area contributed by atoms with Gasteiger partial charge >= 0.3 is 5.76 Å². The molecule has 1 atom stereocenters. The topological polar surface area (TPSA) is 63.2 Å². The van der Waals surface area contributed by atoms with E-state index in [2.05, 4.69) is 5.32 Å². The Labute approximate surface area is 110 Å². The van der Waals surface area contributed by atoms with Crippen LogP contribution in [0.2, 0.25) is 0 Å². The second-order valence-corrected chi connectivity index (χ2v) is 5.97. The molecule has 19 heavy (non-hydrogen) atoms. The average molecular weight is 291 g/mol. The number of halogens is 2. The fraction of sp³-hybridized carbons (Fsp3) is 0.417. The Kier molecular flexibility index (Phi) is 4.99. The van der Waals surface area contributed by atoms with Crippen LogP contribution in [-0.4, -0.2) is 26.1 Å². The van der Waals surface area contributed by atoms with Crippen LogP contribution in [0.1, 0.15) is 30.6 Å². The molecule has 0 saturated heterocycles. The van der Waals surface area contributed by atoms with Gasteiger partial charge in [-0.3, -0.25) is 4.79 Å². The summed E-state index contributed by atoms with van der Waals surface area (Å²) in [5.41, 5.74) is -0.261. The molecule has 0 aliphatic rings. The Bertz CT molecular complexity index is 558. The maximum Gasteiger partial charge on any atom is 0.341 e. The molecule has 1 rings (SSSR count). The Morgan fingerprint density at radius 1 is 1.32 bits per heavy atom. The highest BCUT2D eigenvalue weighted by Gasteiger charge is 2.30. The summed E-state index contributed by atoms with van der Waals surface area (Å²) in [6.45, 7) is 3.58. The van der Waals surface area contributed by atoms with Crippen molar-refractivity contribution >= 4 is 15.7 Å². The van der Waals surface area contributed by atoms with E-state index in [9.17, 15) is 22.0 Å². The van der Waals surface area contributed by atoms with Crippen LogP contribution in [-0.2, 0) is 9.84 Å². The Morgan fingerprint density at radius 2 is 1.89 bits per heavy atom. The molecule has 0 heterocycles. The highest BCUT2D eigenvalue weighted by atomic mass is 32.2. The van der Waals surface area contributed by atoms with Gasteiger partial charge in [0.25, 0.3) is 5.91 Å². The van der Waals surface area contributed by atoms with Crippen LogP contribution in [0.4, 0.5) is 8.78 Å². The highest BCUT2D eigenvalue weighted by molar-refractivity contribution is 7.91. The quantitative estimate of drug-likeness (QED) is 0.904. The van der Waals surface area contributed by atoms with Gasteiger partial charge in [0.15, 0.2) is 0 Å². The van der Waals surface area contributed by atoms with Gasteiger partial charge in [-0.25, -0.2) is 8.42 Å². The van der Waals surface area contributed by atoms with Crippen molar-refractivity contribution in [1.82, 2.24) is 5.32 Å². The smallest absolute Gasteiger partial charge is 0.341 e. The van der Waals surface area contributed by atoms with Crippen LogP contribution in [0.25, 0.3) is 0 Å². The maximum atomic E-state index is 12.6. The van der Waals surface area contributed by atoms with Gasteiger partial charge in [-0.05, 0) is 25.5 Å². The van der Waals surface area contributed by atoms with Gasteiger partial charge in [0.2, 0.25) is 9.84 Å². The molecule has 7 heteroatoms. The minimum atomic E-state index is -4.79. The monoisotopic (exact) mass is 291 g/mol. The molecule has 1 aromatic carbocycles. The fourth-order valence-corrected chi connectivity index (χ4v) is 2.33. The third-order valence-corrected chi connectivity index (χ3v) is 4.10. The van der Waals surface area contributed by atoms with E-state index < -0.39 is 26.4 Å². The second-order valence-electron chi connectivity index (χ2n) is 4.08. The summed E-state index contributed by atoms with van der Waals surface area (Å²) in [6.07, 6.45) is 0.648. The van der Waals surface area contributed by atoms with Crippen LogP contribution in [0, 0.1) is 0 Å². The number of alkyl halides is 2. The number of carbonyl (C=O) groups excluding carboxylic acids is 1. The number of benzene rings is 1. The van der Waals surface area contributed by atoms with E-state index in [0.717, 1.165) is 6.07 Å². The second kappa shape index (κ2) is 6.10. The number of amides is 1. The van der Waals surface area contributed by atoms with Gasteiger partial charge in [0.05, 0.1) is 10.5 Å². The van der Waals surface area contributed by atoms with Crippen LogP contribution in [0.15, 0.2) is 29.2 Å². The van der Waals surface area contributed by atoms with Gasteiger partial charge < -0.3 is 5.32 Å². The molecule has 0 aliphatic heterocycles. The van der Waals surface area contributed by atoms with Crippen LogP contribution >= 0.6 is 0 Å². The standard InChI is InChI=1S/C12H15F2NO3S/c1-3-8(2)15-11(16)9-6-4-5-7-10(9)19(17,18)12(13)14/h4-8,12H,3H2,1-2H3,(H,15,16). The zero-order valence-electron chi connectivity index (χ0n) is 10.6. The van der Waals surface area contributed by atoms with Gasteiger partial charge in [0, 0.05) is 6.04 Å². The van der Waals surface area contributed by atoms with E-state index in [1.54, 1.807) is 6.92 Å². The van der Waals surface area contributed by atoms with E-state index >= 15 is 0 Å². The third kappa shape index (κ3) is 3.50. The fourth-order valence-electron chi connectivity index (χ4n) is 1.40. The largest absolute Gasteiger partial charge is 0.350 e. The van der Waals surface area contributed by atoms with Crippen molar-refractivity contribution in [3.05, 3.63) is 29.8 Å². The molecule has 0 spiro atoms. The summed E-state index contributed by atoms with van der Waals surface area (Å²) < 4.78 is 48.1. The van der Waals surface area contributed by atoms with Crippen LogP contribution in [0.5, 0.6) is 0 Å². The normalized spacial score (nSPS) is 13.3. The summed E-state index contributed by atoms with van der Waals surface area (Å²) >= 11 is 0. The first-order chi connectivity index (χ1) is 8.80. The molecule has 1 unspecified atom stereocenters. The Morgan fingerprint density at radius 3 is 2.42 bits per heavy atom. The molecule has 1 amide bonds. The lowest BCUT2D eigenvalue weighted by molar-refractivity contribution is 0.0936. The number of rotatable bonds is 5. The lowest BCUT2D eigenvalue weighted by Crippen LogP contribution is -2.33. The van der Waals surface area contributed by atoms with Crippen molar-refractivity contribution < 1.29 is 22.0 Å². The first-order valence-electron chi connectivity index (χ1n) is 5.72. The molecular formula is C12H15F2NO3S. The number of sulfone groups is 1. The molecule has 0 fully saturated rings. The van der Waals surface area contributed by atoms with E-state index in [-0.39, 0.29) is 11.6 Å². The van der Waals surface area contributed by atoms with Crippen molar-refractivity contribution in [3.63, 3.8) is 0 Å². The number of carbonyl (C=O) groups is 1. The first-order valence-corrected chi connectivity index (χ1v) is 7.27. The summed E-state index contributed by atoms with van der Waals surface area (Å²) in [6, 6.07) is 4.78. The number of hydrogen-bond donors (Lipinski definition) is 1. The number of nitrogens with one attached hydrogen (secondary N) is 1. The molecule has 0 aliphatic carbocycles. The van der Waals surface area contributed by atoms with Gasteiger partial charge in [-0.15, -0.1) is 0 Å². The van der Waals surface area contributed by atoms with Crippen molar-refractivity contribution in [2.24, 2.45) is 0 Å². The SMILES string of the molecule is CCC(C)NC(=O)c1ccccc1S(=O)(=O)C(F)F. The predicted octanol–water partition coefficient (Wildman–Crippen LogP) is 2.21. The van der Waals surface area contributed by atoms with Crippen LogP contribution in [0.3, 0.4) is 0 Å².